The Morgan fingerprint density at radius 2 is 1.05 bits per heavy atom. The van der Waals surface area contributed by atoms with Crippen molar-refractivity contribution in [2.24, 2.45) is 0 Å². The van der Waals surface area contributed by atoms with Crippen LogP contribution in [0.25, 0.3) is 43.1 Å². The van der Waals surface area contributed by atoms with E-state index in [1.807, 2.05) is 12.1 Å². The Bertz CT molecular complexity index is 1180. The summed E-state index contributed by atoms with van der Waals surface area (Å²) >= 11 is 0. The summed E-state index contributed by atoms with van der Waals surface area (Å²) in [5, 5.41) is 10.1. The van der Waals surface area contributed by atoms with Crippen LogP contribution >= 0.6 is 0 Å². The van der Waals surface area contributed by atoms with Gasteiger partial charge in [0.1, 0.15) is 6.29 Å². The largest absolute Gasteiger partial charge is 0.298 e. The molecule has 22 heavy (non-hydrogen) atoms. The fourth-order valence-electron chi connectivity index (χ4n) is 3.76. The number of rotatable bonds is 1. The Balaban J connectivity index is 2.22. The molecule has 1 heteroatoms. The molecule has 0 aromatic heterocycles. The topological polar surface area (TPSA) is 17.1 Å². The SMILES string of the molecule is O=Cc1ccc2c(c1)c1ccccc3c4ccccc4c2c31. The summed E-state index contributed by atoms with van der Waals surface area (Å²) in [6.07, 6.45) is 0.918. The van der Waals surface area contributed by atoms with Crippen molar-refractivity contribution < 1.29 is 4.79 Å². The van der Waals surface area contributed by atoms with Crippen molar-refractivity contribution >= 4 is 49.4 Å². The molecule has 0 saturated heterocycles. The third kappa shape index (κ3) is 1.31. The fourth-order valence-corrected chi connectivity index (χ4v) is 3.76. The van der Waals surface area contributed by atoms with Gasteiger partial charge in [-0.1, -0.05) is 60.7 Å². The van der Waals surface area contributed by atoms with Gasteiger partial charge in [-0.25, -0.2) is 0 Å². The minimum absolute atomic E-state index is 0.730. The van der Waals surface area contributed by atoms with Crippen molar-refractivity contribution in [3.8, 4) is 0 Å². The predicted molar refractivity (Wildman–Crippen MR) is 93.0 cm³/mol. The van der Waals surface area contributed by atoms with Crippen molar-refractivity contribution in [2.45, 2.75) is 0 Å². The molecule has 1 nitrogen and oxygen atoms in total. The van der Waals surface area contributed by atoms with Crippen LogP contribution in [-0.2, 0) is 0 Å². The van der Waals surface area contributed by atoms with E-state index in [0.717, 1.165) is 11.8 Å². The molecule has 102 valence electrons. The molecule has 0 radical (unpaired) electrons. The summed E-state index contributed by atoms with van der Waals surface area (Å²) in [4.78, 5) is 11.1. The van der Waals surface area contributed by atoms with Crippen molar-refractivity contribution in [2.75, 3.05) is 0 Å². The first-order chi connectivity index (χ1) is 10.9. The highest BCUT2D eigenvalue weighted by Gasteiger charge is 2.16. The van der Waals surface area contributed by atoms with E-state index >= 15 is 0 Å². The van der Waals surface area contributed by atoms with Crippen LogP contribution in [-0.4, -0.2) is 6.29 Å². The zero-order chi connectivity index (χ0) is 14.7. The van der Waals surface area contributed by atoms with E-state index in [9.17, 15) is 4.79 Å². The van der Waals surface area contributed by atoms with Gasteiger partial charge in [0.2, 0.25) is 0 Å². The highest BCUT2D eigenvalue weighted by Crippen LogP contribution is 2.44. The second-order valence-electron chi connectivity index (χ2n) is 5.76. The Morgan fingerprint density at radius 1 is 0.545 bits per heavy atom. The Kier molecular flexibility index (Phi) is 2.15. The third-order valence-corrected chi connectivity index (χ3v) is 4.65. The van der Waals surface area contributed by atoms with E-state index in [4.69, 9.17) is 0 Å². The Morgan fingerprint density at radius 3 is 1.64 bits per heavy atom. The van der Waals surface area contributed by atoms with Gasteiger partial charge < -0.3 is 0 Å². The minimum atomic E-state index is 0.730. The third-order valence-electron chi connectivity index (χ3n) is 4.65. The van der Waals surface area contributed by atoms with E-state index in [1.54, 1.807) is 0 Å². The summed E-state index contributed by atoms with van der Waals surface area (Å²) in [6, 6.07) is 23.1. The molecule has 0 aliphatic heterocycles. The lowest BCUT2D eigenvalue weighted by Gasteiger charge is -1.96. The molecule has 0 aliphatic rings. The maximum atomic E-state index is 11.1. The van der Waals surface area contributed by atoms with Crippen LogP contribution in [0, 0.1) is 0 Å². The maximum absolute atomic E-state index is 11.1. The molecule has 5 aromatic carbocycles. The van der Waals surface area contributed by atoms with Crippen LogP contribution in [0.4, 0.5) is 0 Å². The molecule has 0 unspecified atom stereocenters. The maximum Gasteiger partial charge on any atom is 0.150 e. The van der Waals surface area contributed by atoms with Crippen molar-refractivity contribution in [1.29, 1.82) is 0 Å². The van der Waals surface area contributed by atoms with Gasteiger partial charge in [0.15, 0.2) is 0 Å². The van der Waals surface area contributed by atoms with Crippen LogP contribution in [0.2, 0.25) is 0 Å². The number of carbonyl (C=O) groups is 1. The minimum Gasteiger partial charge on any atom is -0.298 e. The van der Waals surface area contributed by atoms with E-state index < -0.39 is 0 Å². The molecule has 0 atom stereocenters. The van der Waals surface area contributed by atoms with E-state index in [2.05, 4.69) is 54.6 Å². The smallest absolute Gasteiger partial charge is 0.150 e. The molecule has 5 rings (SSSR count). The average Bonchev–Trinajstić information content (AvgIpc) is 2.94. The summed E-state index contributed by atoms with van der Waals surface area (Å²) in [5.41, 5.74) is 0.730. The molecule has 0 spiro atoms. The van der Waals surface area contributed by atoms with Gasteiger partial charge in [0.05, 0.1) is 0 Å². The molecule has 5 aromatic rings. The lowest BCUT2D eigenvalue weighted by Crippen LogP contribution is -1.77. The summed E-state index contributed by atoms with van der Waals surface area (Å²) in [6.45, 7) is 0. The zero-order valence-corrected chi connectivity index (χ0v) is 11.8. The number of aldehydes is 1. The number of benzene rings is 2. The van der Waals surface area contributed by atoms with E-state index in [-0.39, 0.29) is 0 Å². The second kappa shape index (κ2) is 4.05. The number of hydrogen-bond donors (Lipinski definition) is 0. The van der Waals surface area contributed by atoms with E-state index in [1.165, 1.54) is 43.1 Å². The number of carbonyl (C=O) groups excluding carboxylic acids is 1. The first-order valence-electron chi connectivity index (χ1n) is 7.42. The second-order valence-corrected chi connectivity index (χ2v) is 5.76. The molecule has 0 aliphatic carbocycles. The lowest BCUT2D eigenvalue weighted by atomic mass is 10.1. The Hall–Kier alpha value is -2.93. The van der Waals surface area contributed by atoms with Crippen LogP contribution in [0.15, 0.2) is 66.7 Å². The molecule has 0 bridgehead atoms. The molecule has 0 N–H and O–H groups in total. The van der Waals surface area contributed by atoms with Gasteiger partial charge >= 0.3 is 0 Å². The molecule has 0 saturated carbocycles. The number of fused-ring (bicyclic) bond motifs is 6. The summed E-state index contributed by atoms with van der Waals surface area (Å²) in [5.74, 6) is 0. The van der Waals surface area contributed by atoms with Gasteiger partial charge in [0.25, 0.3) is 0 Å². The number of hydrogen-bond acceptors (Lipinski definition) is 1. The van der Waals surface area contributed by atoms with Gasteiger partial charge in [0, 0.05) is 5.56 Å². The monoisotopic (exact) mass is 280 g/mol. The molecular formula is C21H12O. The van der Waals surface area contributed by atoms with E-state index in [0.29, 0.717) is 0 Å². The summed E-state index contributed by atoms with van der Waals surface area (Å²) in [7, 11) is 0. The molecular weight excluding hydrogens is 268 g/mol. The van der Waals surface area contributed by atoms with Gasteiger partial charge in [-0.05, 0) is 49.2 Å². The zero-order valence-electron chi connectivity index (χ0n) is 11.8. The first-order valence-corrected chi connectivity index (χ1v) is 7.42. The first kappa shape index (κ1) is 11.7. The van der Waals surface area contributed by atoms with Gasteiger partial charge in [-0.2, -0.15) is 0 Å². The summed E-state index contributed by atoms with van der Waals surface area (Å²) < 4.78 is 0. The molecule has 0 amide bonds. The van der Waals surface area contributed by atoms with Gasteiger partial charge in [-0.3, -0.25) is 4.79 Å². The standard InChI is InChI=1S/C21H12O/c22-12-13-9-10-18-19(11-13)17-8-4-3-7-15-14-5-1-2-6-16(14)21(18)20(15)17/h1-12H. The van der Waals surface area contributed by atoms with Crippen molar-refractivity contribution in [3.05, 3.63) is 72.3 Å². The van der Waals surface area contributed by atoms with Crippen LogP contribution in [0.1, 0.15) is 10.4 Å². The average molecular weight is 280 g/mol. The molecule has 0 heterocycles. The van der Waals surface area contributed by atoms with Gasteiger partial charge in [-0.15, -0.1) is 0 Å². The van der Waals surface area contributed by atoms with Crippen molar-refractivity contribution in [1.82, 2.24) is 0 Å². The lowest BCUT2D eigenvalue weighted by molar-refractivity contribution is 0.112. The molecule has 0 fully saturated rings. The normalized spacial score (nSPS) is 11.8. The van der Waals surface area contributed by atoms with Crippen molar-refractivity contribution in [3.63, 3.8) is 0 Å². The van der Waals surface area contributed by atoms with Crippen LogP contribution in [0.5, 0.6) is 0 Å². The highest BCUT2D eigenvalue weighted by atomic mass is 16.1. The fraction of sp³-hybridized carbons (Fsp3) is 0. The highest BCUT2D eigenvalue weighted by molar-refractivity contribution is 6.41. The van der Waals surface area contributed by atoms with Crippen LogP contribution in [0.3, 0.4) is 0 Å². The quantitative estimate of drug-likeness (QED) is 0.368. The van der Waals surface area contributed by atoms with Crippen LogP contribution < -0.4 is 0 Å². The Labute approximate surface area is 127 Å². The predicted octanol–water partition coefficient (Wildman–Crippen LogP) is 5.55.